The molecule has 10 nitrogen and oxygen atoms in total. The molecule has 0 bridgehead atoms. The Morgan fingerprint density at radius 1 is 0.317 bits per heavy atom. The largest absolute Gasteiger partial charge is 0.458 e. The van der Waals surface area contributed by atoms with Gasteiger partial charge in [-0.25, -0.2) is 0 Å². The molecule has 123 heavy (non-hydrogen) atoms. The van der Waals surface area contributed by atoms with Crippen molar-refractivity contribution in [1.82, 2.24) is 0 Å². The molecule has 0 spiro atoms. The molecule has 0 aliphatic heterocycles. The third kappa shape index (κ3) is 15.6. The first-order valence-corrected chi connectivity index (χ1v) is 54.3. The second-order valence-corrected chi connectivity index (χ2v) is 50.9. The molecular formula is C113H184O10. The van der Waals surface area contributed by atoms with E-state index in [2.05, 4.69) is 90.0 Å². The van der Waals surface area contributed by atoms with Crippen molar-refractivity contribution >= 4 is 34.9 Å². The number of Topliss-reactive ketones (excluding diaryl/α,β-unsaturated/α-hetero) is 5. The minimum atomic E-state index is -0.341. The molecule has 0 aromatic carbocycles. The number of hydrogen-bond acceptors (Lipinski definition) is 10. The first-order valence-electron chi connectivity index (χ1n) is 54.3. The van der Waals surface area contributed by atoms with Gasteiger partial charge < -0.3 is 20.1 Å². The lowest BCUT2D eigenvalue weighted by molar-refractivity contribution is -0.151. The van der Waals surface area contributed by atoms with Crippen molar-refractivity contribution in [2.75, 3.05) is 13.2 Å². The van der Waals surface area contributed by atoms with Crippen molar-refractivity contribution in [3.8, 4) is 0 Å². The summed E-state index contributed by atoms with van der Waals surface area (Å²) in [7, 11) is 0. The van der Waals surface area contributed by atoms with Crippen LogP contribution >= 0.6 is 0 Å². The number of rotatable bonds is 12. The van der Waals surface area contributed by atoms with Gasteiger partial charge in [-0.05, 0) is 494 Å². The summed E-state index contributed by atoms with van der Waals surface area (Å²) in [5.74, 6) is 21.9. The fourth-order valence-corrected chi connectivity index (χ4v) is 42.0. The van der Waals surface area contributed by atoms with Crippen LogP contribution in [0.4, 0.5) is 0 Å². The normalized spacial score (nSPS) is 52.2. The van der Waals surface area contributed by atoms with Gasteiger partial charge in [0.25, 0.3) is 0 Å². The number of fused-ring (bicyclic) bond motifs is 25. The van der Waals surface area contributed by atoms with E-state index in [0.29, 0.717) is 79.4 Å². The fourth-order valence-electron chi connectivity index (χ4n) is 42.0. The van der Waals surface area contributed by atoms with Crippen molar-refractivity contribution in [2.45, 2.75) is 444 Å². The molecule has 0 aromatic heterocycles. The van der Waals surface area contributed by atoms with Crippen LogP contribution in [-0.4, -0.2) is 75.6 Å². The third-order valence-electron chi connectivity index (χ3n) is 47.9. The standard InChI is InChI=1S/C25H40O3.C23H38O.C22H36O3.C22H36O2.C21H34O/c1-5-25-13-10-16(2)14-18(25)6-7-19-20-8-9-22(23(27)15-28-17(3)26)24(20,4)12-11-21(19)25;1-5-23-13-10-15(2)14-17(23)6-7-18-20-9-8-19(16(3)24)22(20,4)12-11-21(18)23;1-3-22-11-8-15(24)12-14(22)4-5-16-17-6-7-19(20(25)13-23)21(17,2)10-9-18(16)22;1-4-22-12-9-16(24)13-15(22)5-6-17-19-8-7-18(14(2)23)21(19,3)11-10-20(17)22;1-4-21-12-9-14(2)13-15(21)5-6-16-17-7-8-19(22)20(17,3)11-10-18(16)21/h16,18-22H,5-15H2,1-4H3;15,17-21H,5-14H2,1-4H3;14-19,23-24H,3-13H2,1-2H3;15-20,24H,4-13H2,1-3H3;14-18H,4-13H2,1-3H3/t16-,18+,19+,20+,21+,22-,24+,25+;15-,17+,18+,19-,20+,21+,22-,23+;14-,15+,16-,17-,18-,19+,21-,22-;15-,16+,17-,18+,19-,20-,21+,22-;14-,15+,16+,17+,18+,20+,21+/m11001/s1. The third-order valence-corrected chi connectivity index (χ3v) is 47.9. The molecule has 696 valence electrons. The Morgan fingerprint density at radius 2 is 0.602 bits per heavy atom. The van der Waals surface area contributed by atoms with Gasteiger partial charge in [0.05, 0.1) is 12.2 Å². The molecular weight excluding hydrogens is 1520 g/mol. The van der Waals surface area contributed by atoms with Crippen LogP contribution in [0.1, 0.15) is 432 Å². The van der Waals surface area contributed by atoms with Crippen LogP contribution in [0, 0.1) is 214 Å². The van der Waals surface area contributed by atoms with Crippen LogP contribution in [0.5, 0.6) is 0 Å². The highest BCUT2D eigenvalue weighted by Crippen LogP contribution is 2.75. The van der Waals surface area contributed by atoms with E-state index in [1.807, 2.05) is 13.8 Å². The van der Waals surface area contributed by atoms with Crippen LogP contribution in [0.25, 0.3) is 0 Å². The van der Waals surface area contributed by atoms with Crippen LogP contribution in [0.15, 0.2) is 0 Å². The zero-order chi connectivity index (χ0) is 87.7. The average Bonchev–Trinajstić information content (AvgIpc) is 1.70. The molecule has 3 N–H and O–H groups in total. The summed E-state index contributed by atoms with van der Waals surface area (Å²) < 4.78 is 5.07. The van der Waals surface area contributed by atoms with Crippen LogP contribution < -0.4 is 0 Å². The number of esters is 1. The number of ether oxygens (including phenoxy) is 1. The van der Waals surface area contributed by atoms with Crippen molar-refractivity contribution < 1.29 is 48.8 Å². The first-order chi connectivity index (χ1) is 58.6. The number of carbonyl (C=O) groups is 6. The van der Waals surface area contributed by atoms with Gasteiger partial charge in [0.15, 0.2) is 11.6 Å². The quantitative estimate of drug-likeness (QED) is 0.160. The summed E-state index contributed by atoms with van der Waals surface area (Å²) in [4.78, 5) is 73.3. The van der Waals surface area contributed by atoms with Crippen molar-refractivity contribution in [2.24, 2.45) is 214 Å². The van der Waals surface area contributed by atoms with Gasteiger partial charge in [0, 0.05) is 42.4 Å². The van der Waals surface area contributed by atoms with Gasteiger partial charge in [-0.2, -0.15) is 0 Å². The molecule has 20 aliphatic carbocycles. The van der Waals surface area contributed by atoms with Crippen LogP contribution in [0.3, 0.4) is 0 Å². The van der Waals surface area contributed by atoms with E-state index < -0.39 is 0 Å². The Kier molecular flexibility index (Phi) is 27.7. The summed E-state index contributed by atoms with van der Waals surface area (Å²) in [5, 5.41) is 29.8. The Hall–Kier alpha value is -2.30. The molecule has 20 aliphatic rings. The zero-order valence-corrected chi connectivity index (χ0v) is 81.7. The van der Waals surface area contributed by atoms with E-state index >= 15 is 0 Å². The minimum absolute atomic E-state index is 0.0186. The molecule has 0 saturated heterocycles. The highest BCUT2D eigenvalue weighted by atomic mass is 16.5. The van der Waals surface area contributed by atoms with Crippen molar-refractivity contribution in [3.05, 3.63) is 0 Å². The second-order valence-electron chi connectivity index (χ2n) is 50.9. The van der Waals surface area contributed by atoms with E-state index in [4.69, 9.17) is 4.74 Å². The Morgan fingerprint density at radius 3 is 0.911 bits per heavy atom. The van der Waals surface area contributed by atoms with E-state index in [1.165, 1.54) is 270 Å². The molecule has 39 atom stereocenters. The summed E-state index contributed by atoms with van der Waals surface area (Å²) >= 11 is 0. The van der Waals surface area contributed by atoms with Crippen LogP contribution in [0.2, 0.25) is 0 Å². The molecule has 0 aromatic rings. The zero-order valence-electron chi connectivity index (χ0n) is 81.7. The van der Waals surface area contributed by atoms with E-state index in [-0.39, 0.29) is 76.5 Å². The van der Waals surface area contributed by atoms with Crippen molar-refractivity contribution in [3.63, 3.8) is 0 Å². The van der Waals surface area contributed by atoms with Gasteiger partial charge in [-0.1, -0.05) is 109 Å². The molecule has 0 heterocycles. The number of carbonyl (C=O) groups excluding carboxylic acids is 6. The SMILES string of the molecule is CC[C@]12CC[C@@H](C)C[C@@H]1CC[C@@H]1[C@@H]2CC[C@]2(C)C(=O)CC[C@@H]12.CC[C@]12CC[C@@H](C)C[C@@H]1CC[C@H]1[C@@H]3CC[C@H](C(=O)COC(C)=O)[C@@]3(C)CC[C@@H]12.CC[C@]12CC[C@@H](C)C[C@@H]1CC[C@H]1[C@@H]3CC[C@H](C(C)=O)[C@@]3(C)CC[C@@H]12.CC[C@]12CC[C@@H](O)C[C@@H]1CC[C@H]1[C@@H]3CC[C@H](C(=O)CO)[C@@]3(C)CC[C@@H]12.CC[C@]12CC[C@@H](O)C[C@@H]1CC[C@H]1[C@@H]3CC[C@H](C(C)=O)[C@@]3(C)CC[C@@H]12. The molecule has 0 radical (unpaired) electrons. The monoisotopic (exact) mass is 1700 g/mol. The predicted molar refractivity (Wildman–Crippen MR) is 495 cm³/mol. The topological polar surface area (TPSA) is 172 Å². The predicted octanol–water partition coefficient (Wildman–Crippen LogP) is 26.6. The Balaban J connectivity index is 0.000000114. The smallest absolute Gasteiger partial charge is 0.303 e. The maximum absolute atomic E-state index is 12.9. The molecule has 0 unspecified atom stereocenters. The molecule has 20 rings (SSSR count). The van der Waals surface area contributed by atoms with Gasteiger partial charge in [0.1, 0.15) is 30.6 Å². The van der Waals surface area contributed by atoms with Gasteiger partial charge in [0.2, 0.25) is 0 Å². The van der Waals surface area contributed by atoms with Gasteiger partial charge >= 0.3 is 5.97 Å². The lowest BCUT2D eigenvalue weighted by atomic mass is 9.43. The highest BCUT2D eigenvalue weighted by Gasteiger charge is 2.69. The number of ketones is 5. The average molecular weight is 1700 g/mol. The van der Waals surface area contributed by atoms with Crippen LogP contribution in [-0.2, 0) is 33.5 Å². The van der Waals surface area contributed by atoms with E-state index in [9.17, 15) is 44.1 Å². The molecule has 20 saturated carbocycles. The summed E-state index contributed by atoms with van der Waals surface area (Å²) in [6, 6.07) is 0. The maximum Gasteiger partial charge on any atom is 0.303 e. The maximum atomic E-state index is 12.9. The summed E-state index contributed by atoms with van der Waals surface area (Å²) in [6.45, 7) is 36.4. The second kappa shape index (κ2) is 36.2. The fraction of sp³-hybridized carbons (Fsp3) is 0.947. The lowest BCUT2D eigenvalue weighted by Gasteiger charge is -2.62. The lowest BCUT2D eigenvalue weighted by Crippen LogP contribution is -2.55. The number of aliphatic hydroxyl groups excluding tert-OH is 3. The highest BCUT2D eigenvalue weighted by molar-refractivity contribution is 5.87. The van der Waals surface area contributed by atoms with E-state index in [1.54, 1.807) is 0 Å². The number of hydrogen-bond donors (Lipinski definition) is 3. The molecule has 20 fully saturated rings. The summed E-state index contributed by atoms with van der Waals surface area (Å²) in [6.07, 6.45) is 64.4. The minimum Gasteiger partial charge on any atom is -0.458 e. The molecule has 0 amide bonds. The first kappa shape index (κ1) is 93.9. The number of aliphatic hydroxyl groups is 3. The van der Waals surface area contributed by atoms with Gasteiger partial charge in [-0.15, -0.1) is 0 Å². The van der Waals surface area contributed by atoms with Crippen molar-refractivity contribution in [1.29, 1.82) is 0 Å². The van der Waals surface area contributed by atoms with Gasteiger partial charge in [-0.3, -0.25) is 28.8 Å². The Bertz CT molecular complexity index is 3650. The summed E-state index contributed by atoms with van der Waals surface area (Å²) in [5.41, 5.74) is 3.74. The van der Waals surface area contributed by atoms with E-state index in [0.717, 1.165) is 176 Å². The Labute approximate surface area is 750 Å². The molecule has 10 heteroatoms.